The predicted octanol–water partition coefficient (Wildman–Crippen LogP) is 18.1. The Labute approximate surface area is 439 Å². The normalized spacial score (nSPS) is 14.0. The molecule has 0 saturated heterocycles. The highest BCUT2D eigenvalue weighted by atomic mass is 16.3. The smallest absolute Gasteiger partial charge is 0.333 e. The van der Waals surface area contributed by atoms with E-state index in [4.69, 9.17) is 4.42 Å². The van der Waals surface area contributed by atoms with Gasteiger partial charge in [-0.2, -0.15) is 0 Å². The first kappa shape index (κ1) is 43.7. The number of rotatable bonds is 5. The van der Waals surface area contributed by atoms with Crippen LogP contribution in [0.2, 0.25) is 0 Å². The molecule has 0 radical (unpaired) electrons. The number of hydrogen-bond acceptors (Lipinski definition) is 3. The molecule has 0 amide bonds. The molecule has 356 valence electrons. The van der Waals surface area contributed by atoms with Crippen molar-refractivity contribution < 1.29 is 4.42 Å². The molecule has 0 bridgehead atoms. The highest BCUT2D eigenvalue weighted by Crippen LogP contribution is 2.59. The van der Waals surface area contributed by atoms with Crippen LogP contribution >= 0.6 is 0 Å². The van der Waals surface area contributed by atoms with Crippen LogP contribution in [0.15, 0.2) is 235 Å². The first-order valence-corrected chi connectivity index (χ1v) is 26.4. The first-order chi connectivity index (χ1) is 36.6. The lowest BCUT2D eigenvalue weighted by molar-refractivity contribution is 0.590. The molecule has 0 atom stereocenters. The maximum atomic E-state index is 7.07. The molecule has 75 heavy (non-hydrogen) atoms. The van der Waals surface area contributed by atoms with E-state index in [1.807, 2.05) is 0 Å². The lowest BCUT2D eigenvalue weighted by Gasteiger charge is -2.47. The summed E-state index contributed by atoms with van der Waals surface area (Å²) in [5, 5.41) is 4.57. The third-order valence-electron chi connectivity index (χ3n) is 16.7. The molecular formula is C71H53BN2O. The number of fused-ring (bicyclic) bond motifs is 13. The summed E-state index contributed by atoms with van der Waals surface area (Å²) in [7, 11) is 0. The minimum atomic E-state index is -0.305. The van der Waals surface area contributed by atoms with Crippen molar-refractivity contribution in [3.05, 3.63) is 247 Å². The standard InChI is InChI=1S/C71H53BN2O/c1-70(2,3)51-32-37-60(54(42-51)47-23-13-8-14-24-47)73-62-43-55-53-27-17-18-28-58(53)71(4,5)67(55)66-56-39-50(45-21-11-7-12-22-45)31-36-61(56)74(52-33-29-46(30-34-52)44-19-9-6-10-20-44)72(68(62)66)59-35-38-63-65(69(59)73)57-40-48-25-15-16-26-49(48)41-64(57)75-63/h6-43H,1-5H3. The maximum Gasteiger partial charge on any atom is 0.333 e. The van der Waals surface area contributed by atoms with E-state index in [9.17, 15) is 0 Å². The van der Waals surface area contributed by atoms with Gasteiger partial charge in [-0.3, -0.25) is 0 Å². The zero-order chi connectivity index (χ0) is 50.3. The quantitative estimate of drug-likeness (QED) is 0.160. The molecule has 4 heteroatoms. The predicted molar refractivity (Wildman–Crippen MR) is 318 cm³/mol. The van der Waals surface area contributed by atoms with Crippen LogP contribution in [-0.2, 0) is 10.8 Å². The van der Waals surface area contributed by atoms with E-state index >= 15 is 0 Å². The molecule has 2 aliphatic heterocycles. The number of anilines is 5. The fourth-order valence-corrected chi connectivity index (χ4v) is 13.2. The zero-order valence-electron chi connectivity index (χ0n) is 42.8. The molecule has 15 rings (SSSR count). The van der Waals surface area contributed by atoms with Crippen molar-refractivity contribution in [2.24, 2.45) is 0 Å². The second-order valence-corrected chi connectivity index (χ2v) is 22.4. The molecule has 3 heterocycles. The SMILES string of the molecule is CC(C)(C)c1ccc(N2c3cc4c(c5c3B(c3ccc6oc7cc8ccccc8cc7c6c32)N(c2ccc(-c3ccccc3)cc2)c2ccc(-c3ccccc3)cc2-5)C(C)(C)c2ccccc2-4)c(-c2ccccc2)c1. The fraction of sp³-hybridized carbons (Fsp3) is 0.0986. The molecule has 1 aromatic heterocycles. The van der Waals surface area contributed by atoms with Crippen molar-refractivity contribution in [1.29, 1.82) is 0 Å². The third kappa shape index (κ3) is 6.48. The van der Waals surface area contributed by atoms with Gasteiger partial charge in [0.1, 0.15) is 11.2 Å². The van der Waals surface area contributed by atoms with Gasteiger partial charge in [0.25, 0.3) is 0 Å². The monoisotopic (exact) mass is 960 g/mol. The summed E-state index contributed by atoms with van der Waals surface area (Å²) in [6.07, 6.45) is 0. The summed E-state index contributed by atoms with van der Waals surface area (Å²) in [6.45, 7) is 11.6. The Balaban J connectivity index is 1.13. The largest absolute Gasteiger partial charge is 0.456 e. The topological polar surface area (TPSA) is 19.6 Å². The first-order valence-electron chi connectivity index (χ1n) is 26.4. The number of furan rings is 1. The van der Waals surface area contributed by atoms with E-state index in [0.717, 1.165) is 44.4 Å². The fourth-order valence-electron chi connectivity index (χ4n) is 13.2. The Morgan fingerprint density at radius 1 is 0.453 bits per heavy atom. The Morgan fingerprint density at radius 2 is 1.07 bits per heavy atom. The summed E-state index contributed by atoms with van der Waals surface area (Å²) in [4.78, 5) is 5.32. The van der Waals surface area contributed by atoms with E-state index in [1.54, 1.807) is 0 Å². The Kier molecular flexibility index (Phi) is 9.36. The van der Waals surface area contributed by atoms with Gasteiger partial charge in [-0.25, -0.2) is 0 Å². The summed E-state index contributed by atoms with van der Waals surface area (Å²) in [5.74, 6) is 0. The average Bonchev–Trinajstić information content (AvgIpc) is 4.14. The molecule has 0 spiro atoms. The number of benzene rings is 11. The Bertz CT molecular complexity index is 4300. The van der Waals surface area contributed by atoms with Crippen molar-refractivity contribution in [3.8, 4) is 55.6 Å². The van der Waals surface area contributed by atoms with Crippen LogP contribution in [0.4, 0.5) is 28.4 Å². The molecule has 3 aliphatic rings. The van der Waals surface area contributed by atoms with Gasteiger partial charge in [-0.15, -0.1) is 0 Å². The van der Waals surface area contributed by atoms with Crippen molar-refractivity contribution in [2.75, 3.05) is 9.71 Å². The number of nitrogens with zero attached hydrogens (tertiary/aromatic N) is 2. The molecule has 0 fully saturated rings. The van der Waals surface area contributed by atoms with Crippen LogP contribution in [0.5, 0.6) is 0 Å². The van der Waals surface area contributed by atoms with Gasteiger partial charge in [0.2, 0.25) is 0 Å². The highest BCUT2D eigenvalue weighted by molar-refractivity contribution is 6.94. The highest BCUT2D eigenvalue weighted by Gasteiger charge is 2.51. The van der Waals surface area contributed by atoms with Crippen LogP contribution in [-0.4, -0.2) is 6.85 Å². The van der Waals surface area contributed by atoms with E-state index in [-0.39, 0.29) is 17.7 Å². The van der Waals surface area contributed by atoms with Gasteiger partial charge in [-0.05, 0) is 149 Å². The lowest BCUT2D eigenvalue weighted by atomic mass is 9.42. The second kappa shape index (κ2) is 16.1. The van der Waals surface area contributed by atoms with Gasteiger partial charge >= 0.3 is 6.85 Å². The van der Waals surface area contributed by atoms with Crippen LogP contribution in [0.25, 0.3) is 88.3 Å². The van der Waals surface area contributed by atoms with Crippen molar-refractivity contribution in [1.82, 2.24) is 0 Å². The van der Waals surface area contributed by atoms with Crippen LogP contribution in [0.3, 0.4) is 0 Å². The molecule has 3 nitrogen and oxygen atoms in total. The van der Waals surface area contributed by atoms with E-state index in [1.165, 1.54) is 100 Å². The molecule has 0 saturated carbocycles. The van der Waals surface area contributed by atoms with Gasteiger partial charge < -0.3 is 14.1 Å². The molecule has 0 N–H and O–H groups in total. The second-order valence-electron chi connectivity index (χ2n) is 22.4. The molecule has 11 aromatic carbocycles. The van der Waals surface area contributed by atoms with Crippen molar-refractivity contribution >= 4 is 78.9 Å². The van der Waals surface area contributed by atoms with Gasteiger partial charge in [0.15, 0.2) is 0 Å². The summed E-state index contributed by atoms with van der Waals surface area (Å²) < 4.78 is 7.07. The van der Waals surface area contributed by atoms with Gasteiger partial charge in [-0.1, -0.05) is 204 Å². The zero-order valence-corrected chi connectivity index (χ0v) is 42.8. The molecular weight excluding hydrogens is 908 g/mol. The third-order valence-corrected chi connectivity index (χ3v) is 16.7. The molecule has 12 aromatic rings. The van der Waals surface area contributed by atoms with Crippen LogP contribution in [0, 0.1) is 0 Å². The number of hydrogen-bond donors (Lipinski definition) is 0. The summed E-state index contributed by atoms with van der Waals surface area (Å²) in [6, 6.07) is 86.1. The minimum Gasteiger partial charge on any atom is -0.456 e. The van der Waals surface area contributed by atoms with Crippen LogP contribution < -0.4 is 20.6 Å². The Morgan fingerprint density at radius 3 is 1.79 bits per heavy atom. The molecule has 1 aliphatic carbocycles. The Hall–Kier alpha value is -8.86. The van der Waals surface area contributed by atoms with Crippen molar-refractivity contribution in [3.63, 3.8) is 0 Å². The van der Waals surface area contributed by atoms with Gasteiger partial charge in [0.05, 0.1) is 16.8 Å². The minimum absolute atomic E-state index is 0.0825. The maximum absolute atomic E-state index is 7.07. The molecule has 0 unspecified atom stereocenters. The van der Waals surface area contributed by atoms with E-state index in [0.29, 0.717) is 0 Å². The summed E-state index contributed by atoms with van der Waals surface area (Å²) >= 11 is 0. The van der Waals surface area contributed by atoms with Gasteiger partial charge in [0, 0.05) is 39.0 Å². The van der Waals surface area contributed by atoms with Crippen LogP contribution in [0.1, 0.15) is 51.3 Å². The van der Waals surface area contributed by atoms with E-state index < -0.39 is 0 Å². The lowest BCUT2D eigenvalue weighted by Crippen LogP contribution is -2.62. The average molecular weight is 961 g/mol. The van der Waals surface area contributed by atoms with E-state index in [2.05, 4.69) is 275 Å². The van der Waals surface area contributed by atoms with Crippen molar-refractivity contribution in [2.45, 2.75) is 45.4 Å². The summed E-state index contributed by atoms with van der Waals surface area (Å²) in [5.41, 5.74) is 26.0.